The topological polar surface area (TPSA) is 35.2 Å². The monoisotopic (exact) mass is 261 g/mol. The van der Waals surface area contributed by atoms with E-state index in [1.807, 2.05) is 26.0 Å². The van der Waals surface area contributed by atoms with Gasteiger partial charge in [-0.3, -0.25) is 0 Å². The summed E-state index contributed by atoms with van der Waals surface area (Å²) in [4.78, 5) is 0. The van der Waals surface area contributed by atoms with Crippen LogP contribution in [0.3, 0.4) is 0 Å². The highest BCUT2D eigenvalue weighted by Gasteiger charge is 2.27. The molecule has 1 unspecified atom stereocenters. The van der Waals surface area contributed by atoms with Gasteiger partial charge in [0.05, 0.1) is 13.0 Å². The van der Waals surface area contributed by atoms with Gasteiger partial charge in [0.15, 0.2) is 0 Å². The molecule has 2 N–H and O–H groups in total. The van der Waals surface area contributed by atoms with Crippen molar-refractivity contribution in [3.63, 3.8) is 0 Å². The number of hydrogen-bond acceptors (Lipinski definition) is 2. The molecule has 0 saturated carbocycles. The first kappa shape index (κ1) is 14.8. The summed E-state index contributed by atoms with van der Waals surface area (Å²) in [6.45, 7) is 3.41. The van der Waals surface area contributed by atoms with E-state index in [9.17, 15) is 13.2 Å². The third kappa shape index (κ3) is 5.40. The third-order valence-electron chi connectivity index (χ3n) is 2.40. The van der Waals surface area contributed by atoms with Crippen molar-refractivity contribution in [2.24, 2.45) is 5.73 Å². The fourth-order valence-corrected chi connectivity index (χ4v) is 1.63. The van der Waals surface area contributed by atoms with Gasteiger partial charge < -0.3 is 10.5 Å². The number of hydrogen-bond donors (Lipinski definition) is 1. The molecule has 0 radical (unpaired) electrons. The van der Waals surface area contributed by atoms with Crippen LogP contribution in [0.15, 0.2) is 18.2 Å². The van der Waals surface area contributed by atoms with E-state index in [1.165, 1.54) is 0 Å². The van der Waals surface area contributed by atoms with E-state index >= 15 is 0 Å². The van der Waals surface area contributed by atoms with Crippen LogP contribution in [0, 0.1) is 6.92 Å². The van der Waals surface area contributed by atoms with Gasteiger partial charge in [-0.2, -0.15) is 13.2 Å². The highest BCUT2D eigenvalue weighted by molar-refractivity contribution is 5.37. The molecule has 0 aromatic heterocycles. The molecule has 0 spiro atoms. The van der Waals surface area contributed by atoms with E-state index in [-0.39, 0.29) is 12.6 Å². The van der Waals surface area contributed by atoms with Gasteiger partial charge in [-0.05, 0) is 31.9 Å². The molecule has 0 aliphatic heterocycles. The van der Waals surface area contributed by atoms with Gasteiger partial charge in [-0.15, -0.1) is 0 Å². The number of ether oxygens (including phenoxy) is 1. The Labute approximate surface area is 105 Å². The predicted molar refractivity (Wildman–Crippen MR) is 64.7 cm³/mol. The summed E-state index contributed by atoms with van der Waals surface area (Å²) in [6, 6.07) is 5.35. The van der Waals surface area contributed by atoms with Crippen LogP contribution in [0.1, 0.15) is 24.5 Å². The molecule has 1 aromatic carbocycles. The third-order valence-corrected chi connectivity index (χ3v) is 2.40. The van der Waals surface area contributed by atoms with E-state index in [1.54, 1.807) is 6.07 Å². The van der Waals surface area contributed by atoms with E-state index in [4.69, 9.17) is 10.5 Å². The van der Waals surface area contributed by atoms with Crippen LogP contribution in [0.4, 0.5) is 13.2 Å². The molecular formula is C13H18F3NO. The number of nitrogens with two attached hydrogens (primary N) is 1. The lowest BCUT2D eigenvalue weighted by Crippen LogP contribution is -2.19. The molecule has 1 aromatic rings. The first-order chi connectivity index (χ1) is 8.28. The smallest absolute Gasteiger partial charge is 0.392 e. The Balaban J connectivity index is 2.69. The molecule has 1 rings (SSSR count). The maximum absolute atomic E-state index is 12.0. The van der Waals surface area contributed by atoms with Crippen molar-refractivity contribution >= 4 is 0 Å². The molecule has 2 nitrogen and oxygen atoms in total. The van der Waals surface area contributed by atoms with E-state index in [0.717, 1.165) is 11.1 Å². The summed E-state index contributed by atoms with van der Waals surface area (Å²) in [5.41, 5.74) is 7.60. The summed E-state index contributed by atoms with van der Waals surface area (Å²) in [6.07, 6.45) is -4.55. The molecule has 0 aliphatic carbocycles. The second kappa shape index (κ2) is 6.09. The Morgan fingerprint density at radius 3 is 2.56 bits per heavy atom. The lowest BCUT2D eigenvalue weighted by atomic mass is 10.0. The van der Waals surface area contributed by atoms with E-state index < -0.39 is 12.6 Å². The van der Waals surface area contributed by atoms with Gasteiger partial charge in [0, 0.05) is 6.04 Å². The molecule has 0 aliphatic rings. The van der Waals surface area contributed by atoms with Crippen molar-refractivity contribution in [2.45, 2.75) is 38.9 Å². The van der Waals surface area contributed by atoms with Crippen molar-refractivity contribution in [3.05, 3.63) is 29.3 Å². The van der Waals surface area contributed by atoms with Gasteiger partial charge in [0.1, 0.15) is 5.75 Å². The molecule has 102 valence electrons. The summed E-state index contributed by atoms with van der Waals surface area (Å²) in [7, 11) is 0. The van der Waals surface area contributed by atoms with Gasteiger partial charge in [0.2, 0.25) is 0 Å². The Hall–Kier alpha value is -1.23. The Kier molecular flexibility index (Phi) is 5.02. The number of benzene rings is 1. The van der Waals surface area contributed by atoms with Crippen molar-refractivity contribution in [2.75, 3.05) is 6.61 Å². The minimum atomic E-state index is -4.19. The van der Waals surface area contributed by atoms with Crippen molar-refractivity contribution in [1.82, 2.24) is 0 Å². The van der Waals surface area contributed by atoms with Gasteiger partial charge in [-0.25, -0.2) is 0 Å². The Morgan fingerprint density at radius 2 is 2.00 bits per heavy atom. The second-order valence-electron chi connectivity index (χ2n) is 4.51. The van der Waals surface area contributed by atoms with Crippen LogP contribution in [0.2, 0.25) is 0 Å². The Bertz CT molecular complexity index is 388. The summed E-state index contributed by atoms with van der Waals surface area (Å²) < 4.78 is 41.3. The SMILES string of the molecule is Cc1ccc(OCCC(F)(F)F)c(CC(C)N)c1. The first-order valence-electron chi connectivity index (χ1n) is 5.82. The van der Waals surface area contributed by atoms with Crippen LogP contribution in [0.25, 0.3) is 0 Å². The van der Waals surface area contributed by atoms with Gasteiger partial charge in [0.25, 0.3) is 0 Å². The number of halogens is 3. The van der Waals surface area contributed by atoms with Crippen molar-refractivity contribution in [3.8, 4) is 5.75 Å². The summed E-state index contributed by atoms with van der Waals surface area (Å²) >= 11 is 0. The zero-order valence-electron chi connectivity index (χ0n) is 10.6. The standard InChI is InChI=1S/C13H18F3NO/c1-9-3-4-12(11(7-9)8-10(2)17)18-6-5-13(14,15)16/h3-4,7,10H,5-6,8,17H2,1-2H3. The maximum Gasteiger partial charge on any atom is 0.392 e. The zero-order valence-corrected chi connectivity index (χ0v) is 10.6. The Morgan fingerprint density at radius 1 is 1.33 bits per heavy atom. The van der Waals surface area contributed by atoms with Crippen LogP contribution in [0.5, 0.6) is 5.75 Å². The first-order valence-corrected chi connectivity index (χ1v) is 5.82. The minimum absolute atomic E-state index is 0.0585. The maximum atomic E-state index is 12.0. The van der Waals surface area contributed by atoms with Crippen molar-refractivity contribution < 1.29 is 17.9 Å². The van der Waals surface area contributed by atoms with Crippen LogP contribution < -0.4 is 10.5 Å². The molecular weight excluding hydrogens is 243 g/mol. The molecule has 0 bridgehead atoms. The molecule has 1 atom stereocenters. The quantitative estimate of drug-likeness (QED) is 0.883. The molecule has 0 amide bonds. The van der Waals surface area contributed by atoms with Gasteiger partial charge >= 0.3 is 6.18 Å². The molecule has 5 heteroatoms. The number of rotatable bonds is 5. The lowest BCUT2D eigenvalue weighted by Gasteiger charge is -2.14. The summed E-state index contributed by atoms with van der Waals surface area (Å²) in [5, 5.41) is 0. The highest BCUT2D eigenvalue weighted by atomic mass is 19.4. The molecule has 18 heavy (non-hydrogen) atoms. The number of alkyl halides is 3. The second-order valence-corrected chi connectivity index (χ2v) is 4.51. The fraction of sp³-hybridized carbons (Fsp3) is 0.538. The summed E-state index contributed by atoms with van der Waals surface area (Å²) in [5.74, 6) is 0.488. The average molecular weight is 261 g/mol. The predicted octanol–water partition coefficient (Wildman–Crippen LogP) is 3.22. The van der Waals surface area contributed by atoms with Crippen LogP contribution in [-0.4, -0.2) is 18.8 Å². The minimum Gasteiger partial charge on any atom is -0.493 e. The molecule has 0 saturated heterocycles. The number of aryl methyl sites for hydroxylation is 1. The normalized spacial score (nSPS) is 13.4. The van der Waals surface area contributed by atoms with E-state index in [2.05, 4.69) is 0 Å². The fourth-order valence-electron chi connectivity index (χ4n) is 1.63. The molecule has 0 fully saturated rings. The highest BCUT2D eigenvalue weighted by Crippen LogP contribution is 2.24. The van der Waals surface area contributed by atoms with Crippen LogP contribution in [-0.2, 0) is 6.42 Å². The molecule has 0 heterocycles. The van der Waals surface area contributed by atoms with Crippen LogP contribution >= 0.6 is 0 Å². The van der Waals surface area contributed by atoms with Crippen molar-refractivity contribution in [1.29, 1.82) is 0 Å². The van der Waals surface area contributed by atoms with Gasteiger partial charge in [-0.1, -0.05) is 17.7 Å². The average Bonchev–Trinajstić information content (AvgIpc) is 2.18. The lowest BCUT2D eigenvalue weighted by molar-refractivity contribution is -0.139. The zero-order chi connectivity index (χ0) is 13.8. The van der Waals surface area contributed by atoms with E-state index in [0.29, 0.717) is 12.2 Å². The largest absolute Gasteiger partial charge is 0.493 e.